The standard InChI is InChI=1S/C19H23N3O3S/c1-13(23)20-11-15-7-8-18(26-15)19(24)21-14-9-10-22(12-14)16-5-3-4-6-17(16)25-2/h3-8,14H,9-12H2,1-2H3,(H,20,23)(H,21,24). The number of nitrogens with one attached hydrogen (secondary N) is 2. The molecule has 1 unspecified atom stereocenters. The van der Waals surface area contributed by atoms with E-state index in [0.29, 0.717) is 11.4 Å². The summed E-state index contributed by atoms with van der Waals surface area (Å²) in [7, 11) is 1.67. The van der Waals surface area contributed by atoms with Crippen LogP contribution in [0.3, 0.4) is 0 Å². The van der Waals surface area contributed by atoms with Gasteiger partial charge in [0.1, 0.15) is 5.75 Å². The molecule has 26 heavy (non-hydrogen) atoms. The van der Waals surface area contributed by atoms with Gasteiger partial charge >= 0.3 is 0 Å². The summed E-state index contributed by atoms with van der Waals surface area (Å²) in [5, 5.41) is 5.86. The first-order valence-corrected chi connectivity index (χ1v) is 9.40. The lowest BCUT2D eigenvalue weighted by Gasteiger charge is -2.21. The summed E-state index contributed by atoms with van der Waals surface area (Å²) in [6.45, 7) is 3.58. The van der Waals surface area contributed by atoms with Crippen molar-refractivity contribution >= 4 is 28.8 Å². The normalized spacial score (nSPS) is 16.4. The minimum Gasteiger partial charge on any atom is -0.495 e. The number of amides is 2. The summed E-state index contributed by atoms with van der Waals surface area (Å²) in [6.07, 6.45) is 0.897. The molecule has 1 aromatic heterocycles. The van der Waals surface area contributed by atoms with Crippen molar-refractivity contribution in [3.63, 3.8) is 0 Å². The molecular weight excluding hydrogens is 350 g/mol. The summed E-state index contributed by atoms with van der Waals surface area (Å²) in [6, 6.07) is 11.7. The summed E-state index contributed by atoms with van der Waals surface area (Å²) >= 11 is 1.41. The van der Waals surface area contributed by atoms with Gasteiger partial charge in [-0.15, -0.1) is 11.3 Å². The highest BCUT2D eigenvalue weighted by Gasteiger charge is 2.26. The molecule has 1 aromatic carbocycles. The Hall–Kier alpha value is -2.54. The highest BCUT2D eigenvalue weighted by molar-refractivity contribution is 7.14. The molecule has 0 bridgehead atoms. The molecular formula is C19H23N3O3S. The molecule has 138 valence electrons. The first-order valence-electron chi connectivity index (χ1n) is 8.59. The predicted octanol–water partition coefficient (Wildman–Crippen LogP) is 2.40. The maximum atomic E-state index is 12.5. The van der Waals surface area contributed by atoms with Gasteiger partial charge in [0, 0.05) is 30.9 Å². The molecule has 1 aliphatic heterocycles. The van der Waals surface area contributed by atoms with Crippen LogP contribution in [0.4, 0.5) is 5.69 Å². The van der Waals surface area contributed by atoms with Gasteiger partial charge in [-0.25, -0.2) is 0 Å². The molecule has 2 N–H and O–H groups in total. The Bertz CT molecular complexity index is 790. The fourth-order valence-electron chi connectivity index (χ4n) is 3.05. The second-order valence-electron chi connectivity index (χ2n) is 6.25. The van der Waals surface area contributed by atoms with E-state index < -0.39 is 0 Å². The van der Waals surface area contributed by atoms with E-state index >= 15 is 0 Å². The quantitative estimate of drug-likeness (QED) is 0.816. The number of carbonyl (C=O) groups is 2. The van der Waals surface area contributed by atoms with Crippen molar-refractivity contribution < 1.29 is 14.3 Å². The maximum Gasteiger partial charge on any atom is 0.261 e. The molecule has 7 heteroatoms. The average molecular weight is 373 g/mol. The molecule has 0 saturated carbocycles. The topological polar surface area (TPSA) is 70.7 Å². The van der Waals surface area contributed by atoms with Crippen LogP contribution in [0, 0.1) is 0 Å². The van der Waals surface area contributed by atoms with Crippen LogP contribution in [0.2, 0.25) is 0 Å². The number of anilines is 1. The van der Waals surface area contributed by atoms with Crippen LogP contribution >= 0.6 is 11.3 Å². The number of carbonyl (C=O) groups excluding carboxylic acids is 2. The first-order chi connectivity index (χ1) is 12.6. The Morgan fingerprint density at radius 3 is 2.85 bits per heavy atom. The number of rotatable bonds is 6. The van der Waals surface area contributed by atoms with Crippen molar-refractivity contribution in [3.05, 3.63) is 46.2 Å². The predicted molar refractivity (Wildman–Crippen MR) is 103 cm³/mol. The van der Waals surface area contributed by atoms with E-state index in [-0.39, 0.29) is 17.9 Å². The number of methoxy groups -OCH3 is 1. The lowest BCUT2D eigenvalue weighted by molar-refractivity contribution is -0.119. The Labute approximate surface area is 157 Å². The van der Waals surface area contributed by atoms with E-state index in [2.05, 4.69) is 15.5 Å². The van der Waals surface area contributed by atoms with Crippen molar-refractivity contribution in [1.82, 2.24) is 10.6 Å². The smallest absolute Gasteiger partial charge is 0.261 e. The summed E-state index contributed by atoms with van der Waals surface area (Å²) in [5.74, 6) is 0.711. The molecule has 1 saturated heterocycles. The van der Waals surface area contributed by atoms with Gasteiger partial charge in [0.2, 0.25) is 5.91 Å². The van der Waals surface area contributed by atoms with Crippen LogP contribution < -0.4 is 20.3 Å². The Kier molecular flexibility index (Phi) is 5.78. The number of benzene rings is 1. The van der Waals surface area contributed by atoms with E-state index in [1.165, 1.54) is 18.3 Å². The van der Waals surface area contributed by atoms with Gasteiger partial charge < -0.3 is 20.3 Å². The van der Waals surface area contributed by atoms with Crippen LogP contribution in [0.5, 0.6) is 5.75 Å². The van der Waals surface area contributed by atoms with Gasteiger partial charge in [0.05, 0.1) is 24.2 Å². The van der Waals surface area contributed by atoms with Crippen LogP contribution in [0.15, 0.2) is 36.4 Å². The molecule has 0 aliphatic carbocycles. The van der Waals surface area contributed by atoms with E-state index in [0.717, 1.165) is 35.8 Å². The largest absolute Gasteiger partial charge is 0.495 e. The van der Waals surface area contributed by atoms with Gasteiger partial charge in [-0.2, -0.15) is 0 Å². The molecule has 1 fully saturated rings. The maximum absolute atomic E-state index is 12.5. The van der Waals surface area contributed by atoms with E-state index in [9.17, 15) is 9.59 Å². The van der Waals surface area contributed by atoms with Crippen molar-refractivity contribution in [2.24, 2.45) is 0 Å². The summed E-state index contributed by atoms with van der Waals surface area (Å²) in [5.41, 5.74) is 1.06. The number of thiophene rings is 1. The van der Waals surface area contributed by atoms with Crippen LogP contribution in [-0.2, 0) is 11.3 Å². The number of hydrogen-bond donors (Lipinski definition) is 2. The van der Waals surface area contributed by atoms with Crippen LogP contribution in [0.25, 0.3) is 0 Å². The highest BCUT2D eigenvalue weighted by Crippen LogP contribution is 2.30. The monoisotopic (exact) mass is 373 g/mol. The van der Waals surface area contributed by atoms with Crippen LogP contribution in [0.1, 0.15) is 27.9 Å². The molecule has 0 spiro atoms. The number of hydrogen-bond acceptors (Lipinski definition) is 5. The van der Waals surface area contributed by atoms with Crippen molar-refractivity contribution in [1.29, 1.82) is 0 Å². The van der Waals surface area contributed by atoms with Gasteiger partial charge in [-0.3, -0.25) is 9.59 Å². The van der Waals surface area contributed by atoms with Gasteiger partial charge in [0.25, 0.3) is 5.91 Å². The Morgan fingerprint density at radius 1 is 1.27 bits per heavy atom. The van der Waals surface area contributed by atoms with E-state index in [1.54, 1.807) is 7.11 Å². The molecule has 1 aliphatic rings. The zero-order chi connectivity index (χ0) is 18.5. The summed E-state index contributed by atoms with van der Waals surface area (Å²) in [4.78, 5) is 27.3. The molecule has 0 radical (unpaired) electrons. The minimum atomic E-state index is -0.0770. The van der Waals surface area contributed by atoms with E-state index in [1.807, 2.05) is 36.4 Å². The SMILES string of the molecule is COc1ccccc1N1CCC(NC(=O)c2ccc(CNC(C)=O)s2)C1. The lowest BCUT2D eigenvalue weighted by Crippen LogP contribution is -2.36. The Morgan fingerprint density at radius 2 is 2.08 bits per heavy atom. The van der Waals surface area contributed by atoms with Crippen molar-refractivity contribution in [3.8, 4) is 5.75 Å². The highest BCUT2D eigenvalue weighted by atomic mass is 32.1. The third kappa shape index (κ3) is 4.35. The second-order valence-corrected chi connectivity index (χ2v) is 7.42. The summed E-state index contributed by atoms with van der Waals surface area (Å²) < 4.78 is 5.43. The number of ether oxygens (including phenoxy) is 1. The lowest BCUT2D eigenvalue weighted by atomic mass is 10.2. The number of para-hydroxylation sites is 2. The van der Waals surface area contributed by atoms with Crippen molar-refractivity contribution in [2.45, 2.75) is 25.9 Å². The third-order valence-corrected chi connectivity index (χ3v) is 5.43. The second kappa shape index (κ2) is 8.23. The molecule has 2 aromatic rings. The third-order valence-electron chi connectivity index (χ3n) is 4.35. The first kappa shape index (κ1) is 18.3. The minimum absolute atomic E-state index is 0.0593. The van der Waals surface area contributed by atoms with Gasteiger partial charge in [-0.05, 0) is 30.7 Å². The van der Waals surface area contributed by atoms with E-state index in [4.69, 9.17) is 4.74 Å². The number of nitrogens with zero attached hydrogens (tertiary/aromatic N) is 1. The zero-order valence-corrected chi connectivity index (χ0v) is 15.8. The molecule has 2 heterocycles. The molecule has 3 rings (SSSR count). The molecule has 2 amide bonds. The molecule has 1 atom stereocenters. The fraction of sp³-hybridized carbons (Fsp3) is 0.368. The average Bonchev–Trinajstić information content (AvgIpc) is 3.29. The van der Waals surface area contributed by atoms with Crippen LogP contribution in [-0.4, -0.2) is 38.1 Å². The zero-order valence-electron chi connectivity index (χ0n) is 15.0. The molecule has 6 nitrogen and oxygen atoms in total. The van der Waals surface area contributed by atoms with Gasteiger partial charge in [-0.1, -0.05) is 12.1 Å². The van der Waals surface area contributed by atoms with Crippen molar-refractivity contribution in [2.75, 3.05) is 25.1 Å². The Balaban J connectivity index is 1.57. The fourth-order valence-corrected chi connectivity index (χ4v) is 3.90. The van der Waals surface area contributed by atoms with Gasteiger partial charge in [0.15, 0.2) is 0 Å².